The van der Waals surface area contributed by atoms with Gasteiger partial charge in [-0.15, -0.1) is 0 Å². The van der Waals surface area contributed by atoms with Gasteiger partial charge in [0.1, 0.15) is 0 Å². The van der Waals surface area contributed by atoms with Gasteiger partial charge in [0, 0.05) is 25.7 Å². The molecule has 1 N–H and O–H groups in total. The maximum absolute atomic E-state index is 12.7. The summed E-state index contributed by atoms with van der Waals surface area (Å²) in [6.45, 7) is 8.82. The fraction of sp³-hybridized carbons (Fsp3) is 0.938. The van der Waals surface area contributed by atoms with E-state index in [9.17, 15) is 9.90 Å². The van der Waals surface area contributed by atoms with E-state index in [2.05, 4.69) is 18.7 Å². The van der Waals surface area contributed by atoms with Crippen molar-refractivity contribution in [1.29, 1.82) is 0 Å². The molecule has 0 aliphatic carbocycles. The Hall–Kier alpha value is -0.610. The minimum Gasteiger partial charge on any atom is -0.395 e. The number of aliphatic hydroxyl groups is 1. The Bertz CT molecular complexity index is 272. The number of aliphatic hydroxyl groups excluding tert-OH is 1. The highest BCUT2D eigenvalue weighted by Gasteiger charge is 2.29. The lowest BCUT2D eigenvalue weighted by atomic mass is 10.1. The van der Waals surface area contributed by atoms with E-state index < -0.39 is 0 Å². The van der Waals surface area contributed by atoms with Crippen LogP contribution in [0.25, 0.3) is 0 Å². The van der Waals surface area contributed by atoms with Crippen LogP contribution in [0, 0.1) is 0 Å². The number of likely N-dealkylation sites (tertiary alicyclic amines) is 1. The normalized spacial score (nSPS) is 18.4. The van der Waals surface area contributed by atoms with Gasteiger partial charge in [-0.2, -0.15) is 0 Å². The first-order chi connectivity index (χ1) is 9.65. The Labute approximate surface area is 124 Å². The molecular weight excluding hydrogens is 252 g/mol. The summed E-state index contributed by atoms with van der Waals surface area (Å²) < 4.78 is 0. The van der Waals surface area contributed by atoms with E-state index >= 15 is 0 Å². The highest BCUT2D eigenvalue weighted by Crippen LogP contribution is 2.17. The van der Waals surface area contributed by atoms with Crippen molar-refractivity contribution in [2.24, 2.45) is 0 Å². The molecule has 0 saturated carbocycles. The van der Waals surface area contributed by atoms with Crippen LogP contribution in [-0.4, -0.2) is 59.1 Å². The molecule has 1 atom stereocenters. The molecule has 20 heavy (non-hydrogen) atoms. The lowest BCUT2D eigenvalue weighted by Gasteiger charge is -2.36. The zero-order chi connectivity index (χ0) is 15.0. The number of hydrogen-bond donors (Lipinski definition) is 1. The van der Waals surface area contributed by atoms with Gasteiger partial charge in [0.05, 0.1) is 12.6 Å². The summed E-state index contributed by atoms with van der Waals surface area (Å²) in [5.41, 5.74) is 0. The number of amides is 1. The van der Waals surface area contributed by atoms with Crippen LogP contribution in [0.2, 0.25) is 0 Å². The van der Waals surface area contributed by atoms with E-state index in [1.807, 2.05) is 11.8 Å². The van der Waals surface area contributed by atoms with Gasteiger partial charge in [-0.25, -0.2) is 0 Å². The average Bonchev–Trinajstić information content (AvgIpc) is 2.75. The van der Waals surface area contributed by atoms with Crippen molar-refractivity contribution in [2.75, 3.05) is 26.2 Å². The summed E-state index contributed by atoms with van der Waals surface area (Å²) in [6.07, 6.45) is 6.78. The Morgan fingerprint density at radius 2 is 1.70 bits per heavy atom. The van der Waals surface area contributed by atoms with E-state index in [-0.39, 0.29) is 18.6 Å². The summed E-state index contributed by atoms with van der Waals surface area (Å²) in [6, 6.07) is 0.262. The number of hydrogen-bond acceptors (Lipinski definition) is 3. The van der Waals surface area contributed by atoms with Crippen LogP contribution < -0.4 is 0 Å². The molecule has 118 valence electrons. The van der Waals surface area contributed by atoms with Gasteiger partial charge in [-0.05, 0) is 32.6 Å². The molecule has 1 aliphatic rings. The molecule has 0 aromatic rings. The van der Waals surface area contributed by atoms with Gasteiger partial charge in [0.25, 0.3) is 0 Å². The summed E-state index contributed by atoms with van der Waals surface area (Å²) in [7, 11) is 0. The van der Waals surface area contributed by atoms with Crippen molar-refractivity contribution >= 4 is 5.91 Å². The van der Waals surface area contributed by atoms with Gasteiger partial charge in [0.2, 0.25) is 5.91 Å². The lowest BCUT2D eigenvalue weighted by Crippen LogP contribution is -2.51. The highest BCUT2D eigenvalue weighted by molar-refractivity contribution is 5.81. The van der Waals surface area contributed by atoms with Gasteiger partial charge < -0.3 is 10.0 Å². The quantitative estimate of drug-likeness (QED) is 0.780. The molecule has 1 amide bonds. The molecule has 1 saturated heterocycles. The molecule has 1 heterocycles. The predicted molar refractivity (Wildman–Crippen MR) is 82.7 cm³/mol. The predicted octanol–water partition coefficient (Wildman–Crippen LogP) is 2.26. The molecule has 4 heteroatoms. The van der Waals surface area contributed by atoms with Crippen molar-refractivity contribution < 1.29 is 9.90 Å². The van der Waals surface area contributed by atoms with Crippen LogP contribution in [0.4, 0.5) is 0 Å². The number of rotatable bonds is 7. The SMILES string of the molecule is CCC(CC)N(CCO)C(C)C(=O)N1CCCCCC1. The van der Waals surface area contributed by atoms with Crippen molar-refractivity contribution in [1.82, 2.24) is 9.80 Å². The summed E-state index contributed by atoms with van der Waals surface area (Å²) >= 11 is 0. The third kappa shape index (κ3) is 4.74. The standard InChI is InChI=1S/C16H32N2O2/c1-4-15(5-2)18(12-13-19)14(3)16(20)17-10-8-6-7-9-11-17/h14-15,19H,4-13H2,1-3H3. The van der Waals surface area contributed by atoms with Gasteiger partial charge in [-0.1, -0.05) is 26.7 Å². The minimum absolute atomic E-state index is 0.119. The Morgan fingerprint density at radius 3 is 2.15 bits per heavy atom. The Morgan fingerprint density at radius 1 is 1.15 bits per heavy atom. The van der Waals surface area contributed by atoms with E-state index in [4.69, 9.17) is 0 Å². The largest absolute Gasteiger partial charge is 0.395 e. The molecule has 0 radical (unpaired) electrons. The van der Waals surface area contributed by atoms with Crippen molar-refractivity contribution in [3.8, 4) is 0 Å². The summed E-state index contributed by atoms with van der Waals surface area (Å²) in [5.74, 6) is 0.243. The van der Waals surface area contributed by atoms with Gasteiger partial charge in [0.15, 0.2) is 0 Å². The van der Waals surface area contributed by atoms with Crippen LogP contribution in [-0.2, 0) is 4.79 Å². The molecular formula is C16H32N2O2. The van der Waals surface area contributed by atoms with Crippen molar-refractivity contribution in [2.45, 2.75) is 71.4 Å². The smallest absolute Gasteiger partial charge is 0.239 e. The van der Waals surface area contributed by atoms with E-state index in [1.165, 1.54) is 12.8 Å². The Kier molecular flexibility index (Phi) is 8.15. The summed E-state index contributed by atoms with van der Waals surface area (Å²) in [5, 5.41) is 9.30. The third-order valence-corrected chi connectivity index (χ3v) is 4.54. The fourth-order valence-electron chi connectivity index (χ4n) is 3.26. The van der Waals surface area contributed by atoms with E-state index in [0.29, 0.717) is 12.6 Å². The minimum atomic E-state index is -0.120. The maximum atomic E-state index is 12.7. The second-order valence-corrected chi connectivity index (χ2v) is 5.85. The first-order valence-electron chi connectivity index (χ1n) is 8.31. The van der Waals surface area contributed by atoms with E-state index in [1.54, 1.807) is 0 Å². The molecule has 1 rings (SSSR count). The molecule has 1 unspecified atom stereocenters. The van der Waals surface area contributed by atoms with Crippen molar-refractivity contribution in [3.05, 3.63) is 0 Å². The van der Waals surface area contributed by atoms with Crippen LogP contribution in [0.1, 0.15) is 59.3 Å². The second kappa shape index (κ2) is 9.35. The van der Waals surface area contributed by atoms with E-state index in [0.717, 1.165) is 38.8 Å². The van der Waals surface area contributed by atoms with Crippen LogP contribution in [0.5, 0.6) is 0 Å². The molecule has 0 bridgehead atoms. The molecule has 0 aromatic heterocycles. The number of nitrogens with zero attached hydrogens (tertiary/aromatic N) is 2. The number of carbonyl (C=O) groups excluding carboxylic acids is 1. The summed E-state index contributed by atoms with van der Waals surface area (Å²) in [4.78, 5) is 16.9. The molecule has 1 aliphatic heterocycles. The topological polar surface area (TPSA) is 43.8 Å². The maximum Gasteiger partial charge on any atom is 0.239 e. The monoisotopic (exact) mass is 284 g/mol. The average molecular weight is 284 g/mol. The first-order valence-corrected chi connectivity index (χ1v) is 8.31. The van der Waals surface area contributed by atoms with Crippen molar-refractivity contribution in [3.63, 3.8) is 0 Å². The van der Waals surface area contributed by atoms with Crippen LogP contribution >= 0.6 is 0 Å². The van der Waals surface area contributed by atoms with Crippen LogP contribution in [0.15, 0.2) is 0 Å². The molecule has 1 fully saturated rings. The molecule has 4 nitrogen and oxygen atoms in total. The lowest BCUT2D eigenvalue weighted by molar-refractivity contribution is -0.137. The van der Waals surface area contributed by atoms with Crippen LogP contribution in [0.3, 0.4) is 0 Å². The molecule has 0 aromatic carbocycles. The fourth-order valence-corrected chi connectivity index (χ4v) is 3.26. The van der Waals surface area contributed by atoms with Gasteiger partial charge in [-0.3, -0.25) is 9.69 Å². The van der Waals surface area contributed by atoms with Gasteiger partial charge >= 0.3 is 0 Å². The second-order valence-electron chi connectivity index (χ2n) is 5.85. The zero-order valence-corrected chi connectivity index (χ0v) is 13.5. The third-order valence-electron chi connectivity index (χ3n) is 4.54. The molecule has 0 spiro atoms. The zero-order valence-electron chi connectivity index (χ0n) is 13.5. The Balaban J connectivity index is 2.70. The number of carbonyl (C=O) groups is 1. The highest BCUT2D eigenvalue weighted by atomic mass is 16.3. The first kappa shape index (κ1) is 17.4.